The molecule has 0 saturated carbocycles. The van der Waals surface area contributed by atoms with Crippen LogP contribution in [-0.2, 0) is 36.9 Å². The fourth-order valence-electron chi connectivity index (χ4n) is 9.10. The highest BCUT2D eigenvalue weighted by Crippen LogP contribution is 2.37. The number of nitrogens with one attached hydrogen (secondary N) is 1. The first kappa shape index (κ1) is 58.6. The number of carboxylic acid groups (broad SMARTS) is 2. The number of likely N-dealkylation sites (tertiary alicyclic amines) is 1. The zero-order chi connectivity index (χ0) is 52.4. The number of nitriles is 1. The fraction of sp³-hybridized carbons (Fsp3) is 0.560. The maximum atomic E-state index is 12.6. The minimum Gasteiger partial charge on any atom is -0.480 e. The quantitative estimate of drug-likeness (QED) is 0.125. The first-order valence-corrected chi connectivity index (χ1v) is 24.8. The lowest BCUT2D eigenvalue weighted by molar-refractivity contribution is -0.139. The number of fused-ring (bicyclic) bond motifs is 2. The molecule has 4 aliphatic rings. The molecule has 72 heavy (non-hydrogen) atoms. The van der Waals surface area contributed by atoms with Crippen molar-refractivity contribution in [2.75, 3.05) is 161 Å². The van der Waals surface area contributed by atoms with Crippen molar-refractivity contribution in [1.82, 2.24) is 44.7 Å². The number of carbonyl (C=O) groups is 5. The van der Waals surface area contributed by atoms with Crippen molar-refractivity contribution in [2.24, 2.45) is 0 Å². The fourth-order valence-corrected chi connectivity index (χ4v) is 9.38. The Morgan fingerprint density at radius 1 is 0.778 bits per heavy atom. The number of aromatic nitrogens is 2. The molecular weight excluding hydrogens is 948 g/mol. The number of aliphatic hydroxyl groups is 1. The van der Waals surface area contributed by atoms with Gasteiger partial charge in [0.2, 0.25) is 11.8 Å². The van der Waals surface area contributed by atoms with Crippen LogP contribution in [0, 0.1) is 11.3 Å². The zero-order valence-electron chi connectivity index (χ0n) is 42.1. The van der Waals surface area contributed by atoms with E-state index in [0.29, 0.717) is 84.5 Å². The van der Waals surface area contributed by atoms with E-state index in [4.69, 9.17) is 36.7 Å². The maximum absolute atomic E-state index is 12.6. The average Bonchev–Trinajstić information content (AvgIpc) is 3.91. The van der Waals surface area contributed by atoms with Crippen LogP contribution in [0.2, 0.25) is 5.02 Å². The van der Waals surface area contributed by atoms with Gasteiger partial charge in [-0.15, -0.1) is 0 Å². The van der Waals surface area contributed by atoms with E-state index < -0.39 is 11.9 Å². The number of anilines is 2. The molecule has 3 aromatic rings. The second-order valence-corrected chi connectivity index (χ2v) is 17.9. The molecular formula is C50H73ClN12O9. The third-order valence-corrected chi connectivity index (χ3v) is 13.1. The summed E-state index contributed by atoms with van der Waals surface area (Å²) in [4.78, 5) is 83.9. The van der Waals surface area contributed by atoms with Crippen LogP contribution in [0.4, 0.5) is 11.5 Å². The highest BCUT2D eigenvalue weighted by molar-refractivity contribution is 6.36. The molecule has 394 valence electrons. The second kappa shape index (κ2) is 31.5. The van der Waals surface area contributed by atoms with Crippen LogP contribution in [0.25, 0.3) is 10.8 Å². The molecule has 22 heteroatoms. The summed E-state index contributed by atoms with van der Waals surface area (Å²) in [5.41, 5.74) is 3.23. The molecule has 4 aliphatic heterocycles. The van der Waals surface area contributed by atoms with Crippen molar-refractivity contribution in [3.63, 3.8) is 0 Å². The Labute approximate surface area is 428 Å². The number of hydrogen-bond donors (Lipinski definition) is 4. The summed E-state index contributed by atoms with van der Waals surface area (Å²) in [6, 6.07) is 14.4. The van der Waals surface area contributed by atoms with Crippen molar-refractivity contribution in [3.05, 3.63) is 65.3 Å². The zero-order valence-corrected chi connectivity index (χ0v) is 42.8. The molecule has 3 fully saturated rings. The van der Waals surface area contributed by atoms with Gasteiger partial charge >= 0.3 is 17.9 Å². The van der Waals surface area contributed by atoms with Crippen LogP contribution in [0.15, 0.2) is 49.1 Å². The van der Waals surface area contributed by atoms with Crippen molar-refractivity contribution in [3.8, 4) is 12.1 Å². The van der Waals surface area contributed by atoms with E-state index in [1.54, 1.807) is 13.2 Å². The van der Waals surface area contributed by atoms with Gasteiger partial charge in [0, 0.05) is 129 Å². The van der Waals surface area contributed by atoms with Crippen LogP contribution >= 0.6 is 11.6 Å². The number of carboxylic acids is 2. The number of rotatable bonds is 15. The van der Waals surface area contributed by atoms with Crippen molar-refractivity contribution in [2.45, 2.75) is 32.7 Å². The number of hydrogen-bond acceptors (Lipinski definition) is 17. The molecule has 0 aliphatic carbocycles. The Bertz CT molecular complexity index is 2240. The second-order valence-electron chi connectivity index (χ2n) is 17.5. The molecule has 7 rings (SSSR count). The van der Waals surface area contributed by atoms with Gasteiger partial charge in [0.05, 0.1) is 56.6 Å². The first-order valence-electron chi connectivity index (χ1n) is 24.4. The largest absolute Gasteiger partial charge is 0.480 e. The highest BCUT2D eigenvalue weighted by Gasteiger charge is 2.29. The third-order valence-electron chi connectivity index (χ3n) is 12.7. The normalized spacial score (nSPS) is 17.4. The molecule has 0 bridgehead atoms. The number of piperazine rings is 1. The summed E-state index contributed by atoms with van der Waals surface area (Å²) in [5, 5.41) is 38.8. The summed E-state index contributed by atoms with van der Waals surface area (Å²) >= 11 is 6.59. The van der Waals surface area contributed by atoms with Crippen molar-refractivity contribution < 1.29 is 44.0 Å². The van der Waals surface area contributed by atoms with Gasteiger partial charge in [-0.2, -0.15) is 15.2 Å². The molecule has 0 unspecified atom stereocenters. The van der Waals surface area contributed by atoms with E-state index in [1.807, 2.05) is 36.6 Å². The van der Waals surface area contributed by atoms with E-state index in [9.17, 15) is 34.2 Å². The monoisotopic (exact) mass is 1020 g/mol. The SMILES string of the molecule is C=CC(=O)N1CCN(c2nc(OC)nc3c2CCN(c2cccc4cccc(Cl)c24)C3)CC1.CC#N.CO.O=CCN1CCN(CC(=O)O)CCN(CC(=O)NCCN2CCCC2)CCN(CC(=O)O)CC1. The summed E-state index contributed by atoms with van der Waals surface area (Å²) in [7, 11) is 2.59. The molecule has 1 aromatic heterocycles. The first-order chi connectivity index (χ1) is 34.8. The Kier molecular flexibility index (Phi) is 25.6. The van der Waals surface area contributed by atoms with Gasteiger partial charge in [0.1, 0.15) is 12.1 Å². The van der Waals surface area contributed by atoms with Crippen LogP contribution < -0.4 is 19.9 Å². The van der Waals surface area contributed by atoms with E-state index in [-0.39, 0.29) is 38.0 Å². The van der Waals surface area contributed by atoms with E-state index in [0.717, 1.165) is 97.6 Å². The van der Waals surface area contributed by atoms with Crippen LogP contribution in [0.3, 0.4) is 0 Å². The molecule has 2 amide bonds. The molecule has 5 heterocycles. The molecule has 4 N–H and O–H groups in total. The van der Waals surface area contributed by atoms with Crippen molar-refractivity contribution >= 4 is 63.9 Å². The number of aliphatic carboxylic acids is 2. The number of aliphatic hydroxyl groups excluding tert-OH is 1. The number of aldehydes is 1. The Balaban J connectivity index is 0.000000287. The molecule has 0 atom stereocenters. The van der Waals surface area contributed by atoms with Gasteiger partial charge in [-0.05, 0) is 55.9 Å². The van der Waals surface area contributed by atoms with Gasteiger partial charge in [-0.1, -0.05) is 42.4 Å². The Hall–Kier alpha value is -5.99. The number of benzene rings is 2. The lowest BCUT2D eigenvalue weighted by Crippen LogP contribution is -2.49. The van der Waals surface area contributed by atoms with Gasteiger partial charge in [0.15, 0.2) is 0 Å². The van der Waals surface area contributed by atoms with E-state index >= 15 is 0 Å². The predicted molar refractivity (Wildman–Crippen MR) is 276 cm³/mol. The number of amides is 2. The topological polar surface area (TPSA) is 243 Å². The van der Waals surface area contributed by atoms with Gasteiger partial charge in [-0.25, -0.2) is 0 Å². The Morgan fingerprint density at radius 3 is 1.88 bits per heavy atom. The smallest absolute Gasteiger partial charge is 0.318 e. The van der Waals surface area contributed by atoms with E-state index in [2.05, 4.69) is 50.9 Å². The van der Waals surface area contributed by atoms with Gasteiger partial charge in [0.25, 0.3) is 0 Å². The minimum atomic E-state index is -0.923. The minimum absolute atomic E-state index is 0.0265. The van der Waals surface area contributed by atoms with Gasteiger partial charge in [-0.3, -0.25) is 38.8 Å². The number of methoxy groups -OCH3 is 1. The summed E-state index contributed by atoms with van der Waals surface area (Å²) in [6.07, 6.45) is 5.41. The number of carbonyl (C=O) groups excluding carboxylic acids is 3. The maximum Gasteiger partial charge on any atom is 0.318 e. The highest BCUT2D eigenvalue weighted by atomic mass is 35.5. The standard InChI is InChI=1S/C25H26ClN5O2.C22H40N6O6.C2H3N.CH4O/c1-3-22(32)29-12-14-30(15-13-29)24-18-10-11-31(16-20(18)27-25(28-24)33-2)21-9-5-7-17-6-4-8-19(26)23(17)21;29-16-15-25-7-9-27(18-21(31)32)13-11-26(12-14-28(10-8-25)19-22(33)34)17-20(30)23-3-6-24-4-1-2-5-24;1-2-3;1-2/h3-9H,1,10-16H2,2H3;16H,1-15,17-19H2,(H,23,30)(H,31,32)(H,33,34);1H3;2H,1H3. The number of ether oxygens (including phenoxy) is 1. The molecule has 0 spiro atoms. The molecule has 3 saturated heterocycles. The summed E-state index contributed by atoms with van der Waals surface area (Å²) in [6.45, 7) is 16.8. The Morgan fingerprint density at radius 2 is 1.33 bits per heavy atom. The lowest BCUT2D eigenvalue weighted by atomic mass is 10.0. The third kappa shape index (κ3) is 18.6. The van der Waals surface area contributed by atoms with Gasteiger partial charge < -0.3 is 49.8 Å². The van der Waals surface area contributed by atoms with Crippen LogP contribution in [0.5, 0.6) is 6.01 Å². The predicted octanol–water partition coefficient (Wildman–Crippen LogP) is 1.62. The molecule has 2 aromatic carbocycles. The number of nitrogens with zero attached hydrogens (tertiary/aromatic N) is 11. The van der Waals surface area contributed by atoms with Crippen molar-refractivity contribution in [1.29, 1.82) is 5.26 Å². The van der Waals surface area contributed by atoms with Crippen LogP contribution in [0.1, 0.15) is 31.0 Å². The summed E-state index contributed by atoms with van der Waals surface area (Å²) in [5.74, 6) is -1.04. The molecule has 21 nitrogen and oxygen atoms in total. The van der Waals surface area contributed by atoms with Crippen LogP contribution in [-0.4, -0.2) is 236 Å². The number of halogens is 1. The summed E-state index contributed by atoms with van der Waals surface area (Å²) < 4.78 is 5.45. The lowest BCUT2D eigenvalue weighted by Gasteiger charge is -2.38. The molecule has 0 radical (unpaired) electrons. The van der Waals surface area contributed by atoms with E-state index in [1.165, 1.54) is 25.8 Å². The average molecular weight is 1020 g/mol.